The van der Waals surface area contributed by atoms with E-state index in [0.717, 1.165) is 0 Å². The molecular weight excluding hydrogens is 262 g/mol. The maximum absolute atomic E-state index is 13.8. The van der Waals surface area contributed by atoms with Gasteiger partial charge in [0.25, 0.3) is 0 Å². The van der Waals surface area contributed by atoms with Crippen LogP contribution in [0.1, 0.15) is 37.9 Å². The van der Waals surface area contributed by atoms with Gasteiger partial charge in [0.05, 0.1) is 6.54 Å². The van der Waals surface area contributed by atoms with Crippen molar-refractivity contribution in [3.8, 4) is 0 Å². The lowest BCUT2D eigenvalue weighted by molar-refractivity contribution is -0.129. The number of nitrogens with zero attached hydrogens (tertiary/aromatic N) is 1. The van der Waals surface area contributed by atoms with E-state index in [9.17, 15) is 13.6 Å². The van der Waals surface area contributed by atoms with Crippen LogP contribution in [-0.2, 0) is 4.79 Å². The van der Waals surface area contributed by atoms with E-state index in [1.165, 1.54) is 19.1 Å². The fourth-order valence-electron chi connectivity index (χ4n) is 2.03. The number of halogens is 2. The molecule has 0 aliphatic rings. The second kappa shape index (κ2) is 7.33. The molecule has 0 heterocycles. The van der Waals surface area contributed by atoms with Crippen molar-refractivity contribution in [2.45, 2.75) is 33.7 Å². The zero-order valence-electron chi connectivity index (χ0n) is 12.5. The van der Waals surface area contributed by atoms with Crippen LogP contribution in [-0.4, -0.2) is 30.4 Å². The standard InChI is InChI=1S/C15H22F2N2O/c1-5-19(6-2)15(20)9-18-11(4)12-8-13(16)10(3)7-14(12)17/h7-8,11,18H,5-6,9H2,1-4H3. The molecule has 0 saturated heterocycles. The molecule has 0 aliphatic carbocycles. The van der Waals surface area contributed by atoms with Gasteiger partial charge in [-0.15, -0.1) is 0 Å². The van der Waals surface area contributed by atoms with Crippen molar-refractivity contribution in [2.75, 3.05) is 19.6 Å². The Morgan fingerprint density at radius 3 is 2.40 bits per heavy atom. The Bertz CT molecular complexity index is 473. The van der Waals surface area contributed by atoms with Crippen LogP contribution in [0.5, 0.6) is 0 Å². The van der Waals surface area contributed by atoms with Crippen LogP contribution in [0.25, 0.3) is 0 Å². The van der Waals surface area contributed by atoms with E-state index < -0.39 is 17.7 Å². The second-order valence-corrected chi connectivity index (χ2v) is 4.79. The van der Waals surface area contributed by atoms with E-state index in [2.05, 4.69) is 5.32 Å². The highest BCUT2D eigenvalue weighted by molar-refractivity contribution is 5.78. The highest BCUT2D eigenvalue weighted by atomic mass is 19.1. The average Bonchev–Trinajstić information content (AvgIpc) is 2.41. The molecule has 1 unspecified atom stereocenters. The molecule has 5 heteroatoms. The number of aryl methyl sites for hydroxylation is 1. The van der Waals surface area contributed by atoms with Crippen molar-refractivity contribution in [1.29, 1.82) is 0 Å². The van der Waals surface area contributed by atoms with Gasteiger partial charge >= 0.3 is 0 Å². The molecule has 0 fully saturated rings. The molecule has 0 radical (unpaired) electrons. The first-order chi connectivity index (χ1) is 9.40. The van der Waals surface area contributed by atoms with Crippen LogP contribution in [0.4, 0.5) is 8.78 Å². The maximum atomic E-state index is 13.8. The van der Waals surface area contributed by atoms with Gasteiger partial charge in [-0.3, -0.25) is 4.79 Å². The smallest absolute Gasteiger partial charge is 0.236 e. The third-order valence-electron chi connectivity index (χ3n) is 3.42. The summed E-state index contributed by atoms with van der Waals surface area (Å²) in [5.74, 6) is -0.945. The molecule has 1 amide bonds. The van der Waals surface area contributed by atoms with Crippen molar-refractivity contribution in [3.05, 3.63) is 34.9 Å². The topological polar surface area (TPSA) is 32.3 Å². The molecule has 0 saturated carbocycles. The molecule has 0 spiro atoms. The molecular formula is C15H22F2N2O. The van der Waals surface area contributed by atoms with E-state index in [1.54, 1.807) is 11.8 Å². The summed E-state index contributed by atoms with van der Waals surface area (Å²) in [6.07, 6.45) is 0. The van der Waals surface area contributed by atoms with Crippen molar-refractivity contribution in [2.24, 2.45) is 0 Å². The summed E-state index contributed by atoms with van der Waals surface area (Å²) in [7, 11) is 0. The Morgan fingerprint density at radius 2 is 1.85 bits per heavy atom. The average molecular weight is 284 g/mol. The Morgan fingerprint density at radius 1 is 1.25 bits per heavy atom. The molecule has 1 aromatic carbocycles. The van der Waals surface area contributed by atoms with Gasteiger partial charge in [0.15, 0.2) is 0 Å². The summed E-state index contributed by atoms with van der Waals surface area (Å²) in [4.78, 5) is 13.5. The quantitative estimate of drug-likeness (QED) is 0.871. The lowest BCUT2D eigenvalue weighted by Gasteiger charge is -2.21. The molecule has 1 rings (SSSR count). The van der Waals surface area contributed by atoms with Gasteiger partial charge in [-0.1, -0.05) is 0 Å². The summed E-state index contributed by atoms with van der Waals surface area (Å²) in [6.45, 7) is 8.42. The Labute approximate surface area is 119 Å². The molecule has 1 N–H and O–H groups in total. The number of amides is 1. The number of hydrogen-bond acceptors (Lipinski definition) is 2. The SMILES string of the molecule is CCN(CC)C(=O)CNC(C)c1cc(F)c(C)cc1F. The van der Waals surface area contributed by atoms with Crippen LogP contribution >= 0.6 is 0 Å². The number of likely N-dealkylation sites (N-methyl/N-ethyl adjacent to an activating group) is 1. The number of rotatable bonds is 6. The first-order valence-corrected chi connectivity index (χ1v) is 6.87. The van der Waals surface area contributed by atoms with Crippen molar-refractivity contribution < 1.29 is 13.6 Å². The monoisotopic (exact) mass is 284 g/mol. The minimum Gasteiger partial charge on any atom is -0.342 e. The van der Waals surface area contributed by atoms with Crippen molar-refractivity contribution in [1.82, 2.24) is 10.2 Å². The molecule has 3 nitrogen and oxygen atoms in total. The van der Waals surface area contributed by atoms with Crippen molar-refractivity contribution >= 4 is 5.91 Å². The van der Waals surface area contributed by atoms with Gasteiger partial charge < -0.3 is 10.2 Å². The fraction of sp³-hybridized carbons (Fsp3) is 0.533. The Balaban J connectivity index is 2.70. The highest BCUT2D eigenvalue weighted by Crippen LogP contribution is 2.20. The first-order valence-electron chi connectivity index (χ1n) is 6.87. The predicted octanol–water partition coefficient (Wildman–Crippen LogP) is 2.79. The normalized spacial score (nSPS) is 12.3. The van der Waals surface area contributed by atoms with Crippen LogP contribution in [0.15, 0.2) is 12.1 Å². The number of carbonyl (C=O) groups excluding carboxylic acids is 1. The molecule has 20 heavy (non-hydrogen) atoms. The lowest BCUT2D eigenvalue weighted by Crippen LogP contribution is -2.38. The minimum absolute atomic E-state index is 0.0464. The Hall–Kier alpha value is -1.49. The maximum Gasteiger partial charge on any atom is 0.236 e. The zero-order valence-corrected chi connectivity index (χ0v) is 12.5. The Kier molecular flexibility index (Phi) is 6.07. The van der Waals surface area contributed by atoms with E-state index in [-0.39, 0.29) is 23.6 Å². The van der Waals surface area contributed by atoms with Gasteiger partial charge in [0.2, 0.25) is 5.91 Å². The van der Waals surface area contributed by atoms with Crippen LogP contribution in [0, 0.1) is 18.6 Å². The lowest BCUT2D eigenvalue weighted by atomic mass is 10.1. The molecule has 1 atom stereocenters. The van der Waals surface area contributed by atoms with Crippen molar-refractivity contribution in [3.63, 3.8) is 0 Å². The second-order valence-electron chi connectivity index (χ2n) is 4.79. The van der Waals surface area contributed by atoms with E-state index in [4.69, 9.17) is 0 Å². The third-order valence-corrected chi connectivity index (χ3v) is 3.42. The zero-order chi connectivity index (χ0) is 15.3. The number of nitrogens with one attached hydrogen (secondary N) is 1. The molecule has 0 aliphatic heterocycles. The summed E-state index contributed by atoms with van der Waals surface area (Å²) < 4.78 is 27.3. The first kappa shape index (κ1) is 16.6. The van der Waals surface area contributed by atoms with Crippen LogP contribution in [0.2, 0.25) is 0 Å². The van der Waals surface area contributed by atoms with Crippen LogP contribution < -0.4 is 5.32 Å². The molecule has 1 aromatic rings. The summed E-state index contributed by atoms with van der Waals surface area (Å²) in [5.41, 5.74) is 0.512. The minimum atomic E-state index is -0.459. The number of hydrogen-bond donors (Lipinski definition) is 1. The van der Waals surface area contributed by atoms with E-state index in [1.807, 2.05) is 13.8 Å². The summed E-state index contributed by atoms with van der Waals surface area (Å²) >= 11 is 0. The third kappa shape index (κ3) is 4.00. The number of carbonyl (C=O) groups is 1. The fourth-order valence-corrected chi connectivity index (χ4v) is 2.03. The summed E-state index contributed by atoms with van der Waals surface area (Å²) in [5, 5.41) is 2.94. The van der Waals surface area contributed by atoms with Gasteiger partial charge in [-0.05, 0) is 45.4 Å². The van der Waals surface area contributed by atoms with Gasteiger partial charge in [-0.2, -0.15) is 0 Å². The van der Waals surface area contributed by atoms with E-state index in [0.29, 0.717) is 13.1 Å². The summed E-state index contributed by atoms with van der Waals surface area (Å²) in [6, 6.07) is 1.93. The predicted molar refractivity (Wildman–Crippen MR) is 75.4 cm³/mol. The molecule has 0 aromatic heterocycles. The molecule has 0 bridgehead atoms. The largest absolute Gasteiger partial charge is 0.342 e. The van der Waals surface area contributed by atoms with Crippen LogP contribution in [0.3, 0.4) is 0 Å². The number of benzene rings is 1. The molecule has 112 valence electrons. The van der Waals surface area contributed by atoms with Gasteiger partial charge in [0, 0.05) is 24.7 Å². The van der Waals surface area contributed by atoms with Gasteiger partial charge in [0.1, 0.15) is 11.6 Å². The van der Waals surface area contributed by atoms with Gasteiger partial charge in [-0.25, -0.2) is 8.78 Å². The van der Waals surface area contributed by atoms with E-state index >= 15 is 0 Å². The highest BCUT2D eigenvalue weighted by Gasteiger charge is 2.16.